The number of nitrogens with zero attached hydrogens (tertiary/aromatic N) is 1. The third-order valence-electron chi connectivity index (χ3n) is 4.08. The van der Waals surface area contributed by atoms with Crippen LogP contribution in [0.3, 0.4) is 0 Å². The van der Waals surface area contributed by atoms with Crippen molar-refractivity contribution in [1.29, 1.82) is 0 Å². The van der Waals surface area contributed by atoms with Crippen LogP contribution in [0.2, 0.25) is 0 Å². The van der Waals surface area contributed by atoms with E-state index in [9.17, 15) is 4.79 Å². The fourth-order valence-corrected chi connectivity index (χ4v) is 2.88. The molecule has 0 aromatic heterocycles. The molecule has 1 atom stereocenters. The Kier molecular flexibility index (Phi) is 6.04. The van der Waals surface area contributed by atoms with E-state index < -0.39 is 6.10 Å². The first kappa shape index (κ1) is 17.5. The Labute approximate surface area is 148 Å². The van der Waals surface area contributed by atoms with Crippen LogP contribution >= 0.6 is 0 Å². The smallest absolute Gasteiger partial charge is 0.250 e. The molecule has 2 aromatic carbocycles. The van der Waals surface area contributed by atoms with Gasteiger partial charge in [0.2, 0.25) is 5.91 Å². The van der Waals surface area contributed by atoms with Gasteiger partial charge in [-0.2, -0.15) is 0 Å². The minimum Gasteiger partial charge on any atom is -0.457 e. The van der Waals surface area contributed by atoms with Crippen molar-refractivity contribution in [2.24, 2.45) is 0 Å². The van der Waals surface area contributed by atoms with E-state index in [0.717, 1.165) is 30.2 Å². The Bertz CT molecular complexity index is 690. The van der Waals surface area contributed by atoms with E-state index in [0.29, 0.717) is 19.7 Å². The molecule has 2 aromatic rings. The molecule has 5 nitrogen and oxygen atoms in total. The van der Waals surface area contributed by atoms with Gasteiger partial charge in [0.05, 0.1) is 6.61 Å². The maximum absolute atomic E-state index is 12.0. The molecule has 0 saturated carbocycles. The number of rotatable bonds is 6. The van der Waals surface area contributed by atoms with Crippen LogP contribution in [0.1, 0.15) is 12.5 Å². The van der Waals surface area contributed by atoms with E-state index in [1.54, 1.807) is 0 Å². The number of benzene rings is 2. The van der Waals surface area contributed by atoms with Gasteiger partial charge in [-0.1, -0.05) is 30.3 Å². The molecule has 0 bridgehead atoms. The third-order valence-corrected chi connectivity index (χ3v) is 4.08. The van der Waals surface area contributed by atoms with Crippen LogP contribution in [0, 0.1) is 0 Å². The first-order chi connectivity index (χ1) is 12.2. The van der Waals surface area contributed by atoms with Crippen molar-refractivity contribution in [3.63, 3.8) is 0 Å². The molecule has 1 fully saturated rings. The summed E-state index contributed by atoms with van der Waals surface area (Å²) in [4.78, 5) is 14.2. The lowest BCUT2D eigenvalue weighted by atomic mass is 10.1. The number of morpholine rings is 1. The number of likely N-dealkylation sites (N-methyl/N-ethyl adjacent to an activating group) is 1. The highest BCUT2D eigenvalue weighted by Gasteiger charge is 2.26. The third kappa shape index (κ3) is 5.05. The lowest BCUT2D eigenvalue weighted by Gasteiger charge is -2.32. The summed E-state index contributed by atoms with van der Waals surface area (Å²) in [6.07, 6.45) is -0.391. The van der Waals surface area contributed by atoms with Gasteiger partial charge >= 0.3 is 0 Å². The Morgan fingerprint density at radius 1 is 1.20 bits per heavy atom. The fourth-order valence-electron chi connectivity index (χ4n) is 2.88. The van der Waals surface area contributed by atoms with Crippen LogP contribution in [0.15, 0.2) is 54.6 Å². The molecule has 132 valence electrons. The van der Waals surface area contributed by atoms with Gasteiger partial charge in [0.1, 0.15) is 17.6 Å². The average Bonchev–Trinajstić information content (AvgIpc) is 2.63. The van der Waals surface area contributed by atoms with Crippen molar-refractivity contribution in [2.45, 2.75) is 19.6 Å². The van der Waals surface area contributed by atoms with Crippen molar-refractivity contribution >= 4 is 5.91 Å². The SMILES string of the molecule is CCNC(=O)[C@H]1CN(Cc2cccc(Oc3ccccc3)c2)CCO1. The van der Waals surface area contributed by atoms with E-state index in [2.05, 4.69) is 16.3 Å². The fraction of sp³-hybridized carbons (Fsp3) is 0.350. The lowest BCUT2D eigenvalue weighted by Crippen LogP contribution is -2.49. The summed E-state index contributed by atoms with van der Waals surface area (Å²) >= 11 is 0. The average molecular weight is 340 g/mol. The molecule has 1 aliphatic heterocycles. The van der Waals surface area contributed by atoms with E-state index in [-0.39, 0.29) is 5.91 Å². The second-order valence-corrected chi connectivity index (χ2v) is 6.05. The Morgan fingerprint density at radius 2 is 2.00 bits per heavy atom. The summed E-state index contributed by atoms with van der Waals surface area (Å²) in [7, 11) is 0. The lowest BCUT2D eigenvalue weighted by molar-refractivity contribution is -0.138. The number of hydrogen-bond donors (Lipinski definition) is 1. The molecule has 1 aliphatic rings. The first-order valence-electron chi connectivity index (χ1n) is 8.68. The van der Waals surface area contributed by atoms with Gasteiger partial charge in [-0.25, -0.2) is 0 Å². The van der Waals surface area contributed by atoms with Crippen molar-refractivity contribution < 1.29 is 14.3 Å². The van der Waals surface area contributed by atoms with Gasteiger partial charge in [-0.05, 0) is 36.8 Å². The van der Waals surface area contributed by atoms with Gasteiger partial charge in [0.15, 0.2) is 0 Å². The minimum atomic E-state index is -0.391. The van der Waals surface area contributed by atoms with Crippen LogP contribution in [0.25, 0.3) is 0 Å². The van der Waals surface area contributed by atoms with Crippen LogP contribution < -0.4 is 10.1 Å². The molecule has 0 aliphatic carbocycles. The number of amides is 1. The molecular weight excluding hydrogens is 316 g/mol. The predicted molar refractivity (Wildman–Crippen MR) is 96.7 cm³/mol. The number of carbonyl (C=O) groups excluding carboxylic acids is 1. The molecule has 0 radical (unpaired) electrons. The number of carbonyl (C=O) groups is 1. The van der Waals surface area contributed by atoms with Gasteiger partial charge in [-0.3, -0.25) is 9.69 Å². The number of nitrogens with one attached hydrogen (secondary N) is 1. The largest absolute Gasteiger partial charge is 0.457 e. The Morgan fingerprint density at radius 3 is 2.80 bits per heavy atom. The number of hydrogen-bond acceptors (Lipinski definition) is 4. The van der Waals surface area contributed by atoms with Crippen LogP contribution in [0.4, 0.5) is 0 Å². The van der Waals surface area contributed by atoms with Gasteiger partial charge in [0.25, 0.3) is 0 Å². The molecule has 3 rings (SSSR count). The summed E-state index contributed by atoms with van der Waals surface area (Å²) in [6, 6.07) is 17.8. The Hall–Kier alpha value is -2.37. The second kappa shape index (κ2) is 8.65. The predicted octanol–water partition coefficient (Wildman–Crippen LogP) is 2.82. The van der Waals surface area contributed by atoms with E-state index in [1.165, 1.54) is 0 Å². The van der Waals surface area contributed by atoms with Gasteiger partial charge < -0.3 is 14.8 Å². The number of ether oxygens (including phenoxy) is 2. The van der Waals surface area contributed by atoms with Crippen LogP contribution in [-0.2, 0) is 16.1 Å². The molecule has 1 amide bonds. The molecule has 0 unspecified atom stereocenters. The van der Waals surface area contributed by atoms with Crippen molar-refractivity contribution in [1.82, 2.24) is 10.2 Å². The monoisotopic (exact) mass is 340 g/mol. The zero-order valence-electron chi connectivity index (χ0n) is 14.5. The summed E-state index contributed by atoms with van der Waals surface area (Å²) in [5.74, 6) is 1.60. The molecule has 5 heteroatoms. The molecule has 1 N–H and O–H groups in total. The van der Waals surface area contributed by atoms with Crippen molar-refractivity contribution in [3.8, 4) is 11.5 Å². The zero-order chi connectivity index (χ0) is 17.5. The summed E-state index contributed by atoms with van der Waals surface area (Å²) in [6.45, 7) is 5.30. The first-order valence-corrected chi connectivity index (χ1v) is 8.68. The standard InChI is InChI=1S/C20H24N2O3/c1-2-21-20(23)19-15-22(11-12-24-19)14-16-7-6-10-18(13-16)25-17-8-4-3-5-9-17/h3-10,13,19H,2,11-12,14-15H2,1H3,(H,21,23)/t19-/m1/s1. The highest BCUT2D eigenvalue weighted by molar-refractivity contribution is 5.81. The van der Waals surface area contributed by atoms with E-state index in [1.807, 2.05) is 55.5 Å². The van der Waals surface area contributed by atoms with Crippen molar-refractivity contribution in [3.05, 3.63) is 60.2 Å². The molecule has 1 saturated heterocycles. The highest BCUT2D eigenvalue weighted by atomic mass is 16.5. The highest BCUT2D eigenvalue weighted by Crippen LogP contribution is 2.22. The summed E-state index contributed by atoms with van der Waals surface area (Å²) in [5, 5.41) is 2.83. The van der Waals surface area contributed by atoms with Crippen LogP contribution in [0.5, 0.6) is 11.5 Å². The minimum absolute atomic E-state index is 0.0339. The maximum atomic E-state index is 12.0. The van der Waals surface area contributed by atoms with E-state index >= 15 is 0 Å². The van der Waals surface area contributed by atoms with Crippen molar-refractivity contribution in [2.75, 3.05) is 26.2 Å². The van der Waals surface area contributed by atoms with Crippen LogP contribution in [-0.4, -0.2) is 43.2 Å². The van der Waals surface area contributed by atoms with Gasteiger partial charge in [0, 0.05) is 26.2 Å². The molecule has 0 spiro atoms. The second-order valence-electron chi connectivity index (χ2n) is 6.05. The molecular formula is C20H24N2O3. The molecule has 25 heavy (non-hydrogen) atoms. The zero-order valence-corrected chi connectivity index (χ0v) is 14.5. The topological polar surface area (TPSA) is 50.8 Å². The van der Waals surface area contributed by atoms with Gasteiger partial charge in [-0.15, -0.1) is 0 Å². The number of para-hydroxylation sites is 1. The normalized spacial score (nSPS) is 17.9. The summed E-state index contributed by atoms with van der Waals surface area (Å²) < 4.78 is 11.5. The van der Waals surface area contributed by atoms with E-state index in [4.69, 9.17) is 9.47 Å². The quantitative estimate of drug-likeness (QED) is 0.878. The Balaban J connectivity index is 1.61. The maximum Gasteiger partial charge on any atom is 0.250 e. The summed E-state index contributed by atoms with van der Waals surface area (Å²) in [5.41, 5.74) is 1.16. The molecule has 1 heterocycles.